The SMILES string of the molecule is CCCCCCCCCCCCOc1ccc(C(c2ccc(OCCCCCCCCCCCC)cc2)=c2c3cc4cc(Br)c(Br)cc4cc3c(=C(c3ccc(OCCCCCCCCCCCC)cc3)c3ccc(OCCCCCCCCCCCC)cc3)c3cc4cc(OCCCCCCCCCCCC)c(OCCCCCCCCCCCC)cc4cc23)cc1. The van der Waals surface area contributed by atoms with Gasteiger partial charge in [-0.3, -0.25) is 0 Å². The molecule has 0 heterocycles. The van der Waals surface area contributed by atoms with Gasteiger partial charge >= 0.3 is 0 Å². The van der Waals surface area contributed by atoms with Gasteiger partial charge in [0, 0.05) is 8.95 Å². The van der Waals surface area contributed by atoms with E-state index in [9.17, 15) is 0 Å². The van der Waals surface area contributed by atoms with E-state index in [1.807, 2.05) is 0 Å². The van der Waals surface area contributed by atoms with E-state index in [2.05, 4.69) is 219 Å². The molecule has 6 nitrogen and oxygen atoms in total. The number of unbranched alkanes of at least 4 members (excludes halogenated alkanes) is 54. The molecule has 0 bridgehead atoms. The second kappa shape index (κ2) is 66.0. The molecule has 0 aromatic heterocycles. The van der Waals surface area contributed by atoms with Gasteiger partial charge in [0.25, 0.3) is 0 Å². The standard InChI is InChI=1S/C120H174Br2O6/c1-7-13-19-25-31-37-43-49-55-61-83-123-105-75-67-97(68-76-105)117(98-69-77-106(78-70-98)124-84-62-56-50-44-38-32-26-20-14-8-2)119-109-89-101-93-113(121)114(122)94-102(101)90-110(109)120(112-92-104-96-116(128-88-66-60-54-48-42-36-30-24-18-12-6)115(95-103(104)91-111(112)119)127-87-65-59-53-47-41-35-29-23-17-11-5)118(99-71-79-107(80-72-99)125-85-63-57-51-45-39-33-27-21-15-9-3)100-73-81-108(82-74-100)126-86-64-58-52-46-40-34-28-22-16-10-4/h67-82,89-96H,7-66,83-88H2,1-6H3. The molecule has 0 aliphatic carbocycles. The molecule has 9 rings (SSSR count). The first-order valence-corrected chi connectivity index (χ1v) is 55.1. The van der Waals surface area contributed by atoms with E-state index in [-0.39, 0.29) is 0 Å². The van der Waals surface area contributed by atoms with Crippen molar-refractivity contribution in [3.63, 3.8) is 0 Å². The zero-order valence-corrected chi connectivity index (χ0v) is 84.9. The highest BCUT2D eigenvalue weighted by Crippen LogP contribution is 2.40. The number of ether oxygens (including phenoxy) is 6. The van der Waals surface area contributed by atoms with Crippen molar-refractivity contribution in [1.29, 1.82) is 0 Å². The smallest absolute Gasteiger partial charge is 0.161 e. The zero-order chi connectivity index (χ0) is 89.7. The molecule has 0 radical (unpaired) electrons. The van der Waals surface area contributed by atoms with Crippen molar-refractivity contribution in [3.05, 3.63) is 187 Å². The summed E-state index contributed by atoms with van der Waals surface area (Å²) >= 11 is 8.08. The molecular formula is C120H174Br2O6. The van der Waals surface area contributed by atoms with Gasteiger partial charge in [-0.05, 0) is 254 Å². The summed E-state index contributed by atoms with van der Waals surface area (Å²) in [5.74, 6) is 5.26. The van der Waals surface area contributed by atoms with Crippen LogP contribution < -0.4 is 38.9 Å². The van der Waals surface area contributed by atoms with Gasteiger partial charge in [-0.25, -0.2) is 0 Å². The summed E-state index contributed by atoms with van der Waals surface area (Å²) in [6, 6.07) is 55.7. The first-order chi connectivity index (χ1) is 63.2. The monoisotopic (exact) mass is 1870 g/mol. The summed E-state index contributed by atoms with van der Waals surface area (Å²) in [5.41, 5.74) is 6.75. The van der Waals surface area contributed by atoms with E-state index in [1.54, 1.807) is 0 Å². The van der Waals surface area contributed by atoms with E-state index < -0.39 is 0 Å². The lowest BCUT2D eigenvalue weighted by Crippen LogP contribution is -2.21. The summed E-state index contributed by atoms with van der Waals surface area (Å²) in [6.07, 6.45) is 77.1. The van der Waals surface area contributed by atoms with Crippen molar-refractivity contribution < 1.29 is 28.4 Å². The summed E-state index contributed by atoms with van der Waals surface area (Å²) in [4.78, 5) is 0. The Kier molecular flexibility index (Phi) is 54.2. The van der Waals surface area contributed by atoms with Crippen molar-refractivity contribution in [2.24, 2.45) is 0 Å². The fourth-order valence-corrected chi connectivity index (χ4v) is 19.6. The molecular weight excluding hydrogens is 1700 g/mol. The summed E-state index contributed by atoms with van der Waals surface area (Å²) in [6.45, 7) is 17.9. The van der Waals surface area contributed by atoms with E-state index in [1.165, 1.54) is 344 Å². The Balaban J connectivity index is 1.24. The second-order valence-electron chi connectivity index (χ2n) is 37.8. The molecule has 704 valence electrons. The molecule has 0 aliphatic heterocycles. The van der Waals surface area contributed by atoms with E-state index >= 15 is 0 Å². The van der Waals surface area contributed by atoms with Crippen LogP contribution in [0.2, 0.25) is 0 Å². The van der Waals surface area contributed by atoms with Gasteiger partial charge in [0.05, 0.1) is 39.6 Å². The van der Waals surface area contributed by atoms with Crippen molar-refractivity contribution in [2.75, 3.05) is 39.6 Å². The number of hydrogen-bond acceptors (Lipinski definition) is 6. The Morgan fingerprint density at radius 3 is 0.516 bits per heavy atom. The maximum absolute atomic E-state index is 7.14. The van der Waals surface area contributed by atoms with E-state index in [0.29, 0.717) is 39.6 Å². The number of halogens is 2. The largest absolute Gasteiger partial charge is 0.494 e. The molecule has 0 spiro atoms. The predicted octanol–water partition coefficient (Wildman–Crippen LogP) is 38.1. The molecule has 0 saturated carbocycles. The Morgan fingerprint density at radius 1 is 0.180 bits per heavy atom. The van der Waals surface area contributed by atoms with Crippen LogP contribution in [-0.2, 0) is 0 Å². The van der Waals surface area contributed by atoms with Gasteiger partial charge in [-0.2, -0.15) is 0 Å². The average Bonchev–Trinajstić information content (AvgIpc) is 0.707. The third-order valence-corrected chi connectivity index (χ3v) is 28.6. The van der Waals surface area contributed by atoms with Gasteiger partial charge in [0.15, 0.2) is 11.5 Å². The molecule has 0 fully saturated rings. The minimum atomic E-state index is 0.642. The highest BCUT2D eigenvalue weighted by molar-refractivity contribution is 9.13. The third kappa shape index (κ3) is 39.0. The molecule has 0 saturated heterocycles. The Bertz CT molecular complexity index is 4110. The Labute approximate surface area is 796 Å². The molecule has 0 aliphatic rings. The Hall–Kier alpha value is -6.48. The molecule has 9 aromatic rings. The number of benzene rings is 9. The third-order valence-electron chi connectivity index (χ3n) is 26.8. The second-order valence-corrected chi connectivity index (χ2v) is 39.5. The molecule has 0 N–H and O–H groups in total. The van der Waals surface area contributed by atoms with Crippen LogP contribution in [0.15, 0.2) is 155 Å². The molecule has 0 unspecified atom stereocenters. The van der Waals surface area contributed by atoms with Crippen LogP contribution in [0.25, 0.3) is 54.2 Å². The minimum absolute atomic E-state index is 0.642. The number of fused-ring (bicyclic) bond motifs is 4. The van der Waals surface area contributed by atoms with Crippen LogP contribution in [0.3, 0.4) is 0 Å². The zero-order valence-electron chi connectivity index (χ0n) is 81.7. The normalized spacial score (nSPS) is 11.6. The van der Waals surface area contributed by atoms with Gasteiger partial charge in [-0.15, -0.1) is 0 Å². The lowest BCUT2D eigenvalue weighted by Gasteiger charge is -2.20. The van der Waals surface area contributed by atoms with Crippen LogP contribution in [0, 0.1) is 0 Å². The number of rotatable bonds is 76. The first-order valence-electron chi connectivity index (χ1n) is 53.5. The molecule has 8 heteroatoms. The average molecular weight is 1870 g/mol. The lowest BCUT2D eigenvalue weighted by molar-refractivity contribution is 0.259. The Morgan fingerprint density at radius 2 is 0.336 bits per heavy atom. The number of hydrogen-bond donors (Lipinski definition) is 0. The fourth-order valence-electron chi connectivity index (χ4n) is 18.9. The van der Waals surface area contributed by atoms with Gasteiger partial charge in [-0.1, -0.05) is 437 Å². The van der Waals surface area contributed by atoms with Crippen LogP contribution >= 0.6 is 31.9 Å². The van der Waals surface area contributed by atoms with Crippen LogP contribution in [0.5, 0.6) is 34.5 Å². The van der Waals surface area contributed by atoms with Gasteiger partial charge in [0.2, 0.25) is 0 Å². The quantitative estimate of drug-likeness (QED) is 0.0280. The van der Waals surface area contributed by atoms with E-state index in [0.717, 1.165) is 171 Å². The van der Waals surface area contributed by atoms with Crippen LogP contribution in [-0.4, -0.2) is 39.6 Å². The lowest BCUT2D eigenvalue weighted by atomic mass is 9.84. The van der Waals surface area contributed by atoms with E-state index in [4.69, 9.17) is 28.4 Å². The molecule has 9 aromatic carbocycles. The highest BCUT2D eigenvalue weighted by atomic mass is 79.9. The van der Waals surface area contributed by atoms with Crippen molar-refractivity contribution in [3.8, 4) is 34.5 Å². The first kappa shape index (κ1) is 105. The summed E-state index contributed by atoms with van der Waals surface area (Å²) in [7, 11) is 0. The maximum Gasteiger partial charge on any atom is 0.161 e. The topological polar surface area (TPSA) is 55.4 Å². The van der Waals surface area contributed by atoms with Crippen LogP contribution in [0.1, 0.15) is 449 Å². The van der Waals surface area contributed by atoms with Crippen molar-refractivity contribution >= 4 is 86.1 Å². The van der Waals surface area contributed by atoms with Gasteiger partial charge < -0.3 is 28.4 Å². The van der Waals surface area contributed by atoms with Crippen molar-refractivity contribution in [1.82, 2.24) is 0 Å². The molecule has 0 atom stereocenters. The molecule has 0 amide bonds. The maximum atomic E-state index is 7.14. The fraction of sp³-hybridized carbons (Fsp3) is 0.600. The van der Waals surface area contributed by atoms with Crippen LogP contribution in [0.4, 0.5) is 0 Å². The highest BCUT2D eigenvalue weighted by Gasteiger charge is 2.22. The molecule has 128 heavy (non-hydrogen) atoms. The summed E-state index contributed by atoms with van der Waals surface area (Å²) < 4.78 is 43.2. The minimum Gasteiger partial charge on any atom is -0.494 e. The van der Waals surface area contributed by atoms with Gasteiger partial charge in [0.1, 0.15) is 23.0 Å². The van der Waals surface area contributed by atoms with Crippen molar-refractivity contribution in [2.45, 2.75) is 427 Å². The summed E-state index contributed by atoms with van der Waals surface area (Å²) in [5, 5.41) is 11.5. The predicted molar refractivity (Wildman–Crippen MR) is 564 cm³/mol.